The average Bonchev–Trinajstić information content (AvgIpc) is 2.77. The van der Waals surface area contributed by atoms with Crippen LogP contribution in [0.2, 0.25) is 0 Å². The maximum atomic E-state index is 11.8. The minimum atomic E-state index is -0.357. The number of nitrogens with one attached hydrogen (secondary N) is 1. The highest BCUT2D eigenvalue weighted by molar-refractivity contribution is 5.89. The summed E-state index contributed by atoms with van der Waals surface area (Å²) in [6.45, 7) is 2.20. The molecule has 1 N–H and O–H groups in total. The number of hydrogen-bond acceptors (Lipinski definition) is 4. The first-order chi connectivity index (χ1) is 7.72. The van der Waals surface area contributed by atoms with E-state index in [1.54, 1.807) is 14.0 Å². The van der Waals surface area contributed by atoms with Crippen LogP contribution in [0.15, 0.2) is 0 Å². The van der Waals surface area contributed by atoms with Gasteiger partial charge in [-0.05, 0) is 26.2 Å². The lowest BCUT2D eigenvalue weighted by Gasteiger charge is -2.11. The van der Waals surface area contributed by atoms with Crippen molar-refractivity contribution in [3.05, 3.63) is 17.0 Å². The van der Waals surface area contributed by atoms with Crippen LogP contribution in [0.5, 0.6) is 0 Å². The van der Waals surface area contributed by atoms with Crippen LogP contribution >= 0.6 is 0 Å². The number of carbonyl (C=O) groups excluding carboxylic acids is 1. The number of H-pyrrole nitrogens is 1. The number of aromatic amines is 1. The zero-order valence-corrected chi connectivity index (χ0v) is 9.58. The molecule has 0 fully saturated rings. The van der Waals surface area contributed by atoms with Gasteiger partial charge in [0.2, 0.25) is 0 Å². The van der Waals surface area contributed by atoms with Gasteiger partial charge in [0, 0.05) is 18.4 Å². The third kappa shape index (κ3) is 2.09. The Balaban J connectivity index is 2.04. The van der Waals surface area contributed by atoms with Gasteiger partial charge < -0.3 is 9.47 Å². The predicted molar refractivity (Wildman–Crippen MR) is 57.4 cm³/mol. The van der Waals surface area contributed by atoms with Crippen LogP contribution in [0.25, 0.3) is 0 Å². The molecule has 0 spiro atoms. The van der Waals surface area contributed by atoms with E-state index in [1.807, 2.05) is 0 Å². The maximum absolute atomic E-state index is 11.8. The second kappa shape index (κ2) is 4.65. The van der Waals surface area contributed by atoms with Crippen molar-refractivity contribution < 1.29 is 14.3 Å². The minimum absolute atomic E-state index is 0.244. The second-order valence-electron chi connectivity index (χ2n) is 4.05. The summed E-state index contributed by atoms with van der Waals surface area (Å²) in [5, 5.41) is 6.90. The number of hydrogen-bond donors (Lipinski definition) is 1. The lowest BCUT2D eigenvalue weighted by molar-refractivity contribution is 0.0113. The minimum Gasteiger partial charge on any atom is -0.455 e. The third-order valence-electron chi connectivity index (χ3n) is 2.71. The predicted octanol–water partition coefficient (Wildman–Crippen LogP) is 1.09. The van der Waals surface area contributed by atoms with E-state index >= 15 is 0 Å². The fourth-order valence-electron chi connectivity index (χ4n) is 2.00. The molecule has 1 aliphatic carbocycles. The largest absolute Gasteiger partial charge is 0.455 e. The van der Waals surface area contributed by atoms with Gasteiger partial charge in [0.05, 0.1) is 6.61 Å². The van der Waals surface area contributed by atoms with Gasteiger partial charge in [-0.1, -0.05) is 0 Å². The number of aromatic nitrogens is 2. The molecule has 1 unspecified atom stereocenters. The zero-order chi connectivity index (χ0) is 11.5. The summed E-state index contributed by atoms with van der Waals surface area (Å²) in [6.07, 6.45) is 2.72. The Bertz CT molecular complexity index is 387. The molecular weight excluding hydrogens is 208 g/mol. The Hall–Kier alpha value is -1.36. The van der Waals surface area contributed by atoms with Crippen molar-refractivity contribution in [2.45, 2.75) is 32.3 Å². The van der Waals surface area contributed by atoms with Gasteiger partial charge in [-0.2, -0.15) is 5.10 Å². The Morgan fingerprint density at radius 2 is 2.38 bits per heavy atom. The Morgan fingerprint density at radius 3 is 3.12 bits per heavy atom. The van der Waals surface area contributed by atoms with Gasteiger partial charge >= 0.3 is 5.97 Å². The van der Waals surface area contributed by atoms with Gasteiger partial charge in [0.1, 0.15) is 6.10 Å². The molecule has 1 aromatic rings. The van der Waals surface area contributed by atoms with Crippen LogP contribution in [0.4, 0.5) is 0 Å². The first-order valence-electron chi connectivity index (χ1n) is 5.48. The van der Waals surface area contributed by atoms with Crippen molar-refractivity contribution in [2.24, 2.45) is 0 Å². The van der Waals surface area contributed by atoms with Crippen molar-refractivity contribution in [2.75, 3.05) is 13.7 Å². The SMILES string of the molecule is COCC(C)OC(=O)c1n[nH]c2c1CCC2. The van der Waals surface area contributed by atoms with Gasteiger partial charge in [0.15, 0.2) is 5.69 Å². The molecule has 0 saturated carbocycles. The van der Waals surface area contributed by atoms with Crippen LogP contribution in [0.1, 0.15) is 35.1 Å². The Kier molecular flexibility index (Phi) is 3.24. The third-order valence-corrected chi connectivity index (χ3v) is 2.71. The van der Waals surface area contributed by atoms with Crippen LogP contribution in [-0.2, 0) is 22.3 Å². The van der Waals surface area contributed by atoms with Gasteiger partial charge in [-0.25, -0.2) is 4.79 Å². The average molecular weight is 224 g/mol. The molecule has 0 aliphatic heterocycles. The van der Waals surface area contributed by atoms with Crippen LogP contribution in [0.3, 0.4) is 0 Å². The topological polar surface area (TPSA) is 64.2 Å². The van der Waals surface area contributed by atoms with E-state index in [1.165, 1.54) is 0 Å². The number of fused-ring (bicyclic) bond motifs is 1. The molecule has 0 saturated heterocycles. The maximum Gasteiger partial charge on any atom is 0.359 e. The van der Waals surface area contributed by atoms with E-state index in [4.69, 9.17) is 9.47 Å². The normalized spacial score (nSPS) is 15.9. The van der Waals surface area contributed by atoms with Crippen molar-refractivity contribution in [3.8, 4) is 0 Å². The molecular formula is C11H16N2O3. The molecule has 0 aromatic carbocycles. The second-order valence-corrected chi connectivity index (χ2v) is 4.05. The fraction of sp³-hybridized carbons (Fsp3) is 0.636. The molecule has 16 heavy (non-hydrogen) atoms. The summed E-state index contributed by atoms with van der Waals surface area (Å²) >= 11 is 0. The Morgan fingerprint density at radius 1 is 1.56 bits per heavy atom. The molecule has 0 bridgehead atoms. The zero-order valence-electron chi connectivity index (χ0n) is 9.58. The standard InChI is InChI=1S/C11H16N2O3/c1-7(6-15-2)16-11(14)10-8-4-3-5-9(8)12-13-10/h7H,3-6H2,1-2H3,(H,12,13). The number of carbonyl (C=O) groups is 1. The van der Waals surface area contributed by atoms with Crippen LogP contribution in [-0.4, -0.2) is 36.0 Å². The molecule has 1 aliphatic rings. The fourth-order valence-corrected chi connectivity index (χ4v) is 2.00. The highest BCUT2D eigenvalue weighted by Gasteiger charge is 2.24. The lowest BCUT2D eigenvalue weighted by Crippen LogP contribution is -2.20. The smallest absolute Gasteiger partial charge is 0.359 e. The highest BCUT2D eigenvalue weighted by atomic mass is 16.6. The number of aryl methyl sites for hydroxylation is 1. The van der Waals surface area contributed by atoms with Crippen molar-refractivity contribution >= 4 is 5.97 Å². The van der Waals surface area contributed by atoms with Gasteiger partial charge in [-0.3, -0.25) is 5.10 Å². The van der Waals surface area contributed by atoms with Crippen LogP contribution in [0, 0.1) is 0 Å². The van der Waals surface area contributed by atoms with E-state index < -0.39 is 0 Å². The van der Waals surface area contributed by atoms with E-state index in [2.05, 4.69) is 10.2 Å². The first kappa shape index (κ1) is 11.1. The molecule has 0 radical (unpaired) electrons. The van der Waals surface area contributed by atoms with E-state index in [-0.39, 0.29) is 12.1 Å². The summed E-state index contributed by atoms with van der Waals surface area (Å²) < 4.78 is 10.1. The quantitative estimate of drug-likeness (QED) is 0.777. The molecule has 88 valence electrons. The van der Waals surface area contributed by atoms with Gasteiger partial charge in [0.25, 0.3) is 0 Å². The highest BCUT2D eigenvalue weighted by Crippen LogP contribution is 2.23. The summed E-state index contributed by atoms with van der Waals surface area (Å²) in [5.74, 6) is -0.357. The van der Waals surface area contributed by atoms with Crippen molar-refractivity contribution in [3.63, 3.8) is 0 Å². The van der Waals surface area contributed by atoms with Gasteiger partial charge in [-0.15, -0.1) is 0 Å². The van der Waals surface area contributed by atoms with Crippen molar-refractivity contribution in [1.29, 1.82) is 0 Å². The first-order valence-corrected chi connectivity index (χ1v) is 5.48. The van der Waals surface area contributed by atoms with E-state index in [0.29, 0.717) is 12.3 Å². The number of esters is 1. The monoisotopic (exact) mass is 224 g/mol. The number of nitrogens with zero attached hydrogens (tertiary/aromatic N) is 1. The summed E-state index contributed by atoms with van der Waals surface area (Å²) in [7, 11) is 1.58. The summed E-state index contributed by atoms with van der Waals surface area (Å²) in [4.78, 5) is 11.8. The molecule has 5 heteroatoms. The van der Waals surface area contributed by atoms with Crippen LogP contribution < -0.4 is 0 Å². The Labute approximate surface area is 94.1 Å². The van der Waals surface area contributed by atoms with E-state index in [0.717, 1.165) is 30.5 Å². The lowest BCUT2D eigenvalue weighted by atomic mass is 10.2. The number of ether oxygens (including phenoxy) is 2. The molecule has 0 amide bonds. The molecule has 1 heterocycles. The van der Waals surface area contributed by atoms with E-state index in [9.17, 15) is 4.79 Å². The summed E-state index contributed by atoms with van der Waals surface area (Å²) in [5.41, 5.74) is 2.54. The molecule has 1 aromatic heterocycles. The molecule has 2 rings (SSSR count). The van der Waals surface area contributed by atoms with Crippen molar-refractivity contribution in [1.82, 2.24) is 10.2 Å². The summed E-state index contributed by atoms with van der Waals surface area (Å²) in [6, 6.07) is 0. The number of methoxy groups -OCH3 is 1. The molecule has 1 atom stereocenters. The molecule has 5 nitrogen and oxygen atoms in total. The number of rotatable bonds is 4.